The van der Waals surface area contributed by atoms with E-state index >= 15 is 0 Å². The SMILES string of the molecule is CC(CN1CCCCC1)c1n[nH]c(=S)n1N. The third-order valence-corrected chi connectivity index (χ3v) is 3.44. The third kappa shape index (κ3) is 2.44. The molecule has 5 nitrogen and oxygen atoms in total. The maximum absolute atomic E-state index is 5.81. The molecule has 0 aliphatic carbocycles. The number of nitrogens with two attached hydrogens (primary N) is 1. The van der Waals surface area contributed by atoms with Crippen LogP contribution in [0.25, 0.3) is 0 Å². The van der Waals surface area contributed by atoms with Gasteiger partial charge in [-0.3, -0.25) is 5.10 Å². The van der Waals surface area contributed by atoms with E-state index in [1.807, 2.05) is 0 Å². The zero-order valence-electron chi connectivity index (χ0n) is 9.65. The summed E-state index contributed by atoms with van der Waals surface area (Å²) < 4.78 is 1.96. The van der Waals surface area contributed by atoms with E-state index in [1.165, 1.54) is 37.0 Å². The number of rotatable bonds is 3. The summed E-state index contributed by atoms with van der Waals surface area (Å²) in [5, 5.41) is 6.90. The van der Waals surface area contributed by atoms with Crippen molar-refractivity contribution < 1.29 is 0 Å². The van der Waals surface area contributed by atoms with Gasteiger partial charge in [0.15, 0.2) is 5.82 Å². The summed E-state index contributed by atoms with van der Waals surface area (Å²) in [7, 11) is 0. The van der Waals surface area contributed by atoms with E-state index in [-0.39, 0.29) is 0 Å². The van der Waals surface area contributed by atoms with Gasteiger partial charge in [-0.25, -0.2) is 4.68 Å². The highest BCUT2D eigenvalue weighted by Crippen LogP contribution is 2.16. The normalized spacial score (nSPS) is 19.8. The van der Waals surface area contributed by atoms with Gasteiger partial charge in [-0.15, -0.1) is 0 Å². The van der Waals surface area contributed by atoms with Gasteiger partial charge in [0.1, 0.15) is 0 Å². The minimum absolute atomic E-state index is 0.316. The summed E-state index contributed by atoms with van der Waals surface area (Å²) in [5.41, 5.74) is 0. The lowest BCUT2D eigenvalue weighted by Crippen LogP contribution is -2.34. The molecule has 6 heteroatoms. The Bertz CT molecular complexity index is 390. The van der Waals surface area contributed by atoms with Gasteiger partial charge in [0.25, 0.3) is 0 Å². The van der Waals surface area contributed by atoms with Crippen molar-refractivity contribution >= 4 is 12.2 Å². The predicted octanol–water partition coefficient (Wildman–Crippen LogP) is 1.24. The Morgan fingerprint density at radius 1 is 1.44 bits per heavy atom. The number of piperidine rings is 1. The van der Waals surface area contributed by atoms with Crippen molar-refractivity contribution in [1.82, 2.24) is 19.8 Å². The molecule has 1 aromatic rings. The Hall–Kier alpha value is -0.880. The number of nitrogen functional groups attached to an aromatic ring is 1. The zero-order valence-corrected chi connectivity index (χ0v) is 10.5. The predicted molar refractivity (Wildman–Crippen MR) is 66.3 cm³/mol. The highest BCUT2D eigenvalue weighted by Gasteiger charge is 2.18. The Balaban J connectivity index is 1.99. The summed E-state index contributed by atoms with van der Waals surface area (Å²) in [6.07, 6.45) is 3.98. The van der Waals surface area contributed by atoms with Gasteiger partial charge in [-0.2, -0.15) is 5.10 Å². The monoisotopic (exact) mass is 241 g/mol. The molecule has 1 unspecified atom stereocenters. The van der Waals surface area contributed by atoms with Crippen LogP contribution in [0.2, 0.25) is 0 Å². The molecule has 1 aromatic heterocycles. The Kier molecular flexibility index (Phi) is 3.60. The van der Waals surface area contributed by atoms with Crippen LogP contribution in [0, 0.1) is 4.77 Å². The van der Waals surface area contributed by atoms with Crippen LogP contribution in [0.5, 0.6) is 0 Å². The number of hydrogen-bond acceptors (Lipinski definition) is 4. The van der Waals surface area contributed by atoms with Crippen LogP contribution in [-0.2, 0) is 0 Å². The van der Waals surface area contributed by atoms with E-state index in [0.717, 1.165) is 12.4 Å². The first-order chi connectivity index (χ1) is 7.68. The van der Waals surface area contributed by atoms with Crippen molar-refractivity contribution in [3.8, 4) is 0 Å². The fourth-order valence-electron chi connectivity index (χ4n) is 2.28. The van der Waals surface area contributed by atoms with E-state index < -0.39 is 0 Å². The second kappa shape index (κ2) is 4.97. The molecular weight excluding hydrogens is 222 g/mol. The topological polar surface area (TPSA) is 62.9 Å². The highest BCUT2D eigenvalue weighted by molar-refractivity contribution is 7.71. The van der Waals surface area contributed by atoms with Crippen LogP contribution in [0.4, 0.5) is 0 Å². The molecule has 0 radical (unpaired) electrons. The molecule has 0 aromatic carbocycles. The summed E-state index contributed by atoms with van der Waals surface area (Å²) in [5.74, 6) is 6.97. The van der Waals surface area contributed by atoms with Gasteiger partial charge in [0, 0.05) is 12.5 Å². The number of H-pyrrole nitrogens is 1. The average Bonchev–Trinajstić information content (AvgIpc) is 2.61. The minimum atomic E-state index is 0.316. The lowest BCUT2D eigenvalue weighted by Gasteiger charge is -2.28. The highest BCUT2D eigenvalue weighted by atomic mass is 32.1. The fourth-order valence-corrected chi connectivity index (χ4v) is 2.41. The lowest BCUT2D eigenvalue weighted by molar-refractivity contribution is 0.216. The van der Waals surface area contributed by atoms with E-state index in [4.69, 9.17) is 18.1 Å². The van der Waals surface area contributed by atoms with Crippen LogP contribution < -0.4 is 5.84 Å². The minimum Gasteiger partial charge on any atom is -0.335 e. The van der Waals surface area contributed by atoms with Crippen LogP contribution in [0.3, 0.4) is 0 Å². The second-order valence-corrected chi connectivity index (χ2v) is 4.91. The van der Waals surface area contributed by atoms with Crippen molar-refractivity contribution in [3.63, 3.8) is 0 Å². The molecule has 0 bridgehead atoms. The second-order valence-electron chi connectivity index (χ2n) is 4.52. The van der Waals surface area contributed by atoms with Gasteiger partial charge in [-0.05, 0) is 38.1 Å². The molecule has 0 amide bonds. The van der Waals surface area contributed by atoms with E-state index in [0.29, 0.717) is 10.7 Å². The number of nitrogens with zero attached hydrogens (tertiary/aromatic N) is 3. The van der Waals surface area contributed by atoms with Gasteiger partial charge in [-0.1, -0.05) is 13.3 Å². The Morgan fingerprint density at radius 2 is 2.12 bits per heavy atom. The third-order valence-electron chi connectivity index (χ3n) is 3.15. The average molecular weight is 241 g/mol. The summed E-state index contributed by atoms with van der Waals surface area (Å²) >= 11 is 5.00. The molecule has 16 heavy (non-hydrogen) atoms. The summed E-state index contributed by atoms with van der Waals surface area (Å²) in [4.78, 5) is 2.48. The summed E-state index contributed by atoms with van der Waals surface area (Å²) in [6.45, 7) is 5.54. The number of hydrogen-bond donors (Lipinski definition) is 2. The number of aromatic nitrogens is 3. The Morgan fingerprint density at radius 3 is 2.69 bits per heavy atom. The molecule has 2 rings (SSSR count). The molecule has 1 atom stereocenters. The fraction of sp³-hybridized carbons (Fsp3) is 0.800. The van der Waals surface area contributed by atoms with Crippen LogP contribution in [-0.4, -0.2) is 39.4 Å². The van der Waals surface area contributed by atoms with Crippen molar-refractivity contribution in [2.24, 2.45) is 0 Å². The number of nitrogens with one attached hydrogen (secondary N) is 1. The van der Waals surface area contributed by atoms with Crippen molar-refractivity contribution in [1.29, 1.82) is 0 Å². The molecule has 1 saturated heterocycles. The molecule has 2 heterocycles. The van der Waals surface area contributed by atoms with E-state index in [1.54, 1.807) is 0 Å². The van der Waals surface area contributed by atoms with Crippen LogP contribution >= 0.6 is 12.2 Å². The molecule has 1 fully saturated rings. The van der Waals surface area contributed by atoms with E-state index in [2.05, 4.69) is 22.0 Å². The maximum Gasteiger partial charge on any atom is 0.214 e. The molecular formula is C10H19N5S. The first kappa shape index (κ1) is 11.6. The quantitative estimate of drug-likeness (QED) is 0.617. The number of aromatic amines is 1. The molecule has 1 aliphatic rings. The first-order valence-electron chi connectivity index (χ1n) is 5.83. The van der Waals surface area contributed by atoms with Gasteiger partial charge in [0.2, 0.25) is 4.77 Å². The number of likely N-dealkylation sites (tertiary alicyclic amines) is 1. The molecule has 1 aliphatic heterocycles. The smallest absolute Gasteiger partial charge is 0.214 e. The van der Waals surface area contributed by atoms with Gasteiger partial charge >= 0.3 is 0 Å². The lowest BCUT2D eigenvalue weighted by atomic mass is 10.1. The molecule has 90 valence electrons. The molecule has 0 spiro atoms. The summed E-state index contributed by atoms with van der Waals surface area (Å²) in [6, 6.07) is 0. The van der Waals surface area contributed by atoms with Crippen molar-refractivity contribution in [2.75, 3.05) is 25.5 Å². The van der Waals surface area contributed by atoms with Crippen molar-refractivity contribution in [2.45, 2.75) is 32.1 Å². The standard InChI is InChI=1S/C10H19N5S/c1-8(7-14-5-3-2-4-6-14)9-12-13-10(16)15(9)11/h8H,2-7,11H2,1H3,(H,13,16). The largest absolute Gasteiger partial charge is 0.335 e. The zero-order chi connectivity index (χ0) is 11.5. The Labute approximate surface area is 101 Å². The first-order valence-corrected chi connectivity index (χ1v) is 6.24. The van der Waals surface area contributed by atoms with Crippen molar-refractivity contribution in [3.05, 3.63) is 10.6 Å². The van der Waals surface area contributed by atoms with E-state index in [9.17, 15) is 0 Å². The molecule has 0 saturated carbocycles. The maximum atomic E-state index is 5.81. The van der Waals surface area contributed by atoms with Gasteiger partial charge in [0.05, 0.1) is 0 Å². The molecule has 3 N–H and O–H groups in total. The van der Waals surface area contributed by atoms with Gasteiger partial charge < -0.3 is 10.7 Å². The van der Waals surface area contributed by atoms with Crippen LogP contribution in [0.15, 0.2) is 0 Å². The van der Waals surface area contributed by atoms with Crippen LogP contribution in [0.1, 0.15) is 37.9 Å².